The SMILES string of the molecule is COc1cc2c(cc1OC)CN(C(=O)c1ccc(C)c(F)c1)CC2. The van der Waals surface area contributed by atoms with Crippen LogP contribution in [0, 0.1) is 12.7 Å². The summed E-state index contributed by atoms with van der Waals surface area (Å²) in [6.07, 6.45) is 0.732. The van der Waals surface area contributed by atoms with Crippen molar-refractivity contribution >= 4 is 5.91 Å². The van der Waals surface area contributed by atoms with E-state index in [1.807, 2.05) is 12.1 Å². The highest BCUT2D eigenvalue weighted by Crippen LogP contribution is 2.33. The molecular weight excluding hydrogens is 309 g/mol. The van der Waals surface area contributed by atoms with Crippen LogP contribution in [0.3, 0.4) is 0 Å². The molecule has 0 unspecified atom stereocenters. The van der Waals surface area contributed by atoms with Gasteiger partial charge in [-0.15, -0.1) is 0 Å². The average molecular weight is 329 g/mol. The number of nitrogens with zero attached hydrogens (tertiary/aromatic N) is 1. The van der Waals surface area contributed by atoms with Crippen LogP contribution >= 0.6 is 0 Å². The summed E-state index contributed by atoms with van der Waals surface area (Å²) in [6.45, 7) is 2.75. The first-order valence-corrected chi connectivity index (χ1v) is 7.82. The zero-order valence-electron chi connectivity index (χ0n) is 14.1. The highest BCUT2D eigenvalue weighted by atomic mass is 19.1. The first-order chi connectivity index (χ1) is 11.5. The minimum atomic E-state index is -0.357. The van der Waals surface area contributed by atoms with E-state index < -0.39 is 0 Å². The van der Waals surface area contributed by atoms with Crippen LogP contribution in [0.25, 0.3) is 0 Å². The van der Waals surface area contributed by atoms with Crippen molar-refractivity contribution in [3.63, 3.8) is 0 Å². The van der Waals surface area contributed by atoms with Gasteiger partial charge in [0.1, 0.15) is 5.82 Å². The standard InChI is InChI=1S/C19H20FNO3/c1-12-4-5-14(8-16(12)20)19(22)21-7-6-13-9-17(23-2)18(24-3)10-15(13)11-21/h4-5,8-10H,6-7,11H2,1-3H3. The summed E-state index contributed by atoms with van der Waals surface area (Å²) in [5, 5.41) is 0. The van der Waals surface area contributed by atoms with Crippen molar-refractivity contribution in [3.8, 4) is 11.5 Å². The van der Waals surface area contributed by atoms with E-state index >= 15 is 0 Å². The van der Waals surface area contributed by atoms with E-state index in [0.717, 1.165) is 17.5 Å². The fourth-order valence-corrected chi connectivity index (χ4v) is 2.96. The molecule has 0 bridgehead atoms. The molecule has 0 N–H and O–H groups in total. The van der Waals surface area contributed by atoms with Crippen molar-refractivity contribution < 1.29 is 18.7 Å². The van der Waals surface area contributed by atoms with Gasteiger partial charge in [-0.3, -0.25) is 4.79 Å². The number of carbonyl (C=O) groups excluding carboxylic acids is 1. The summed E-state index contributed by atoms with van der Waals surface area (Å²) in [5.41, 5.74) is 3.08. The van der Waals surface area contributed by atoms with Gasteiger partial charge < -0.3 is 14.4 Å². The molecule has 0 aromatic heterocycles. The van der Waals surface area contributed by atoms with Crippen LogP contribution in [0.2, 0.25) is 0 Å². The van der Waals surface area contributed by atoms with Gasteiger partial charge in [-0.05, 0) is 54.3 Å². The lowest BCUT2D eigenvalue weighted by Crippen LogP contribution is -2.36. The third-order valence-corrected chi connectivity index (χ3v) is 4.42. The normalized spacial score (nSPS) is 13.4. The highest BCUT2D eigenvalue weighted by Gasteiger charge is 2.24. The first-order valence-electron chi connectivity index (χ1n) is 7.82. The third kappa shape index (κ3) is 2.94. The molecule has 3 rings (SSSR count). The number of halogens is 1. The number of carbonyl (C=O) groups is 1. The predicted molar refractivity (Wildman–Crippen MR) is 89.1 cm³/mol. The maximum atomic E-state index is 13.7. The van der Waals surface area contributed by atoms with Crippen LogP contribution in [0.15, 0.2) is 30.3 Å². The molecule has 5 heteroatoms. The number of rotatable bonds is 3. The summed E-state index contributed by atoms with van der Waals surface area (Å²) in [5.74, 6) is 0.822. The van der Waals surface area contributed by atoms with E-state index in [9.17, 15) is 9.18 Å². The molecule has 0 radical (unpaired) electrons. The second-order valence-electron chi connectivity index (χ2n) is 5.92. The van der Waals surface area contributed by atoms with Crippen LogP contribution in [-0.2, 0) is 13.0 Å². The van der Waals surface area contributed by atoms with Gasteiger partial charge in [-0.1, -0.05) is 6.07 Å². The highest BCUT2D eigenvalue weighted by molar-refractivity contribution is 5.94. The van der Waals surface area contributed by atoms with E-state index in [1.54, 1.807) is 38.2 Å². The van der Waals surface area contributed by atoms with Crippen LogP contribution < -0.4 is 9.47 Å². The number of fused-ring (bicyclic) bond motifs is 1. The summed E-state index contributed by atoms with van der Waals surface area (Å²) < 4.78 is 24.4. The number of methoxy groups -OCH3 is 2. The van der Waals surface area contributed by atoms with Gasteiger partial charge in [0.05, 0.1) is 14.2 Å². The lowest BCUT2D eigenvalue weighted by molar-refractivity contribution is 0.0734. The molecule has 1 aliphatic rings. The van der Waals surface area contributed by atoms with Crippen molar-refractivity contribution in [2.75, 3.05) is 20.8 Å². The maximum Gasteiger partial charge on any atom is 0.254 e. The molecule has 0 aliphatic carbocycles. The molecule has 4 nitrogen and oxygen atoms in total. The van der Waals surface area contributed by atoms with Crippen LogP contribution in [0.4, 0.5) is 4.39 Å². The van der Waals surface area contributed by atoms with E-state index in [2.05, 4.69) is 0 Å². The molecule has 2 aromatic carbocycles. The molecule has 0 atom stereocenters. The Morgan fingerprint density at radius 2 is 1.75 bits per heavy atom. The van der Waals surface area contributed by atoms with E-state index in [1.165, 1.54) is 6.07 Å². The van der Waals surface area contributed by atoms with E-state index in [4.69, 9.17) is 9.47 Å². The van der Waals surface area contributed by atoms with Crippen molar-refractivity contribution in [2.24, 2.45) is 0 Å². The quantitative estimate of drug-likeness (QED) is 0.867. The second kappa shape index (κ2) is 6.51. The van der Waals surface area contributed by atoms with Crippen LogP contribution in [0.5, 0.6) is 11.5 Å². The Kier molecular flexibility index (Phi) is 4.42. The molecule has 0 saturated heterocycles. The zero-order chi connectivity index (χ0) is 17.3. The number of ether oxygens (including phenoxy) is 2. The second-order valence-corrected chi connectivity index (χ2v) is 5.92. The zero-order valence-corrected chi connectivity index (χ0v) is 14.1. The molecule has 1 heterocycles. The number of benzene rings is 2. The maximum absolute atomic E-state index is 13.7. The third-order valence-electron chi connectivity index (χ3n) is 4.42. The minimum Gasteiger partial charge on any atom is -0.493 e. The van der Waals surface area contributed by atoms with Gasteiger partial charge >= 0.3 is 0 Å². The lowest BCUT2D eigenvalue weighted by Gasteiger charge is -2.29. The molecule has 24 heavy (non-hydrogen) atoms. The van der Waals surface area contributed by atoms with Crippen molar-refractivity contribution in [1.82, 2.24) is 4.90 Å². The van der Waals surface area contributed by atoms with Crippen molar-refractivity contribution in [1.29, 1.82) is 0 Å². The Balaban J connectivity index is 1.86. The Morgan fingerprint density at radius 3 is 2.38 bits per heavy atom. The Hall–Kier alpha value is -2.56. The van der Waals surface area contributed by atoms with Crippen LogP contribution in [-0.4, -0.2) is 31.6 Å². The minimum absolute atomic E-state index is 0.158. The summed E-state index contributed by atoms with van der Waals surface area (Å²) in [4.78, 5) is 14.4. The fourth-order valence-electron chi connectivity index (χ4n) is 2.96. The van der Waals surface area contributed by atoms with Crippen LogP contribution in [0.1, 0.15) is 27.0 Å². The molecule has 0 fully saturated rings. The lowest BCUT2D eigenvalue weighted by atomic mass is 9.98. The molecule has 0 saturated carbocycles. The predicted octanol–water partition coefficient (Wildman–Crippen LogP) is 3.35. The van der Waals surface area contributed by atoms with E-state index in [-0.39, 0.29) is 11.7 Å². The van der Waals surface area contributed by atoms with Gasteiger partial charge in [0, 0.05) is 18.7 Å². The molecular formula is C19H20FNO3. The number of hydrogen-bond acceptors (Lipinski definition) is 3. The summed E-state index contributed by atoms with van der Waals surface area (Å²) in [6, 6.07) is 8.48. The molecule has 1 amide bonds. The van der Waals surface area contributed by atoms with Gasteiger partial charge in [-0.25, -0.2) is 4.39 Å². The largest absolute Gasteiger partial charge is 0.493 e. The molecule has 126 valence electrons. The fraction of sp³-hybridized carbons (Fsp3) is 0.316. The van der Waals surface area contributed by atoms with Gasteiger partial charge in [0.15, 0.2) is 11.5 Å². The summed E-state index contributed by atoms with van der Waals surface area (Å²) >= 11 is 0. The Labute approximate surface area is 140 Å². The smallest absolute Gasteiger partial charge is 0.254 e. The summed E-state index contributed by atoms with van der Waals surface area (Å²) in [7, 11) is 3.19. The van der Waals surface area contributed by atoms with Crippen molar-refractivity contribution in [3.05, 3.63) is 58.4 Å². The van der Waals surface area contributed by atoms with Crippen molar-refractivity contribution in [2.45, 2.75) is 19.9 Å². The monoisotopic (exact) mass is 329 g/mol. The number of hydrogen-bond donors (Lipinski definition) is 0. The molecule has 0 spiro atoms. The van der Waals surface area contributed by atoms with Gasteiger partial charge in [-0.2, -0.15) is 0 Å². The number of amides is 1. The Bertz CT molecular complexity index is 788. The molecule has 2 aromatic rings. The molecule has 1 aliphatic heterocycles. The topological polar surface area (TPSA) is 38.8 Å². The Morgan fingerprint density at radius 1 is 1.08 bits per heavy atom. The average Bonchev–Trinajstić information content (AvgIpc) is 2.61. The van der Waals surface area contributed by atoms with Gasteiger partial charge in [0.25, 0.3) is 5.91 Å². The van der Waals surface area contributed by atoms with E-state index in [0.29, 0.717) is 35.7 Å². The number of aryl methyl sites for hydroxylation is 1. The van der Waals surface area contributed by atoms with Gasteiger partial charge in [0.2, 0.25) is 0 Å². The first kappa shape index (κ1) is 16.3.